The van der Waals surface area contributed by atoms with Crippen molar-refractivity contribution in [3.63, 3.8) is 0 Å². The number of aliphatic hydroxyl groups excluding tert-OH is 1. The van der Waals surface area contributed by atoms with Crippen molar-refractivity contribution >= 4 is 11.9 Å². The van der Waals surface area contributed by atoms with Crippen LogP contribution in [0, 0.1) is 5.92 Å². The van der Waals surface area contributed by atoms with E-state index in [2.05, 4.69) is 6.58 Å². The van der Waals surface area contributed by atoms with Crippen LogP contribution in [0.25, 0.3) is 0 Å². The molecular weight excluding hydrogens is 260 g/mol. The molecule has 3 unspecified atom stereocenters. The zero-order valence-corrected chi connectivity index (χ0v) is 12.3. The topological polar surface area (TPSA) is 72.8 Å². The van der Waals surface area contributed by atoms with E-state index in [9.17, 15) is 14.7 Å². The Labute approximate surface area is 119 Å². The molecule has 0 spiro atoms. The number of ether oxygens (including phenoxy) is 2. The van der Waals surface area contributed by atoms with Gasteiger partial charge in [-0.25, -0.2) is 4.79 Å². The van der Waals surface area contributed by atoms with Gasteiger partial charge in [0.2, 0.25) is 0 Å². The highest BCUT2D eigenvalue weighted by Gasteiger charge is 2.32. The molecule has 114 valence electrons. The van der Waals surface area contributed by atoms with Crippen LogP contribution in [0.1, 0.15) is 46.0 Å². The lowest BCUT2D eigenvalue weighted by Crippen LogP contribution is -2.38. The van der Waals surface area contributed by atoms with Crippen LogP contribution >= 0.6 is 0 Å². The first-order chi connectivity index (χ1) is 9.43. The van der Waals surface area contributed by atoms with Gasteiger partial charge in [0.15, 0.2) is 0 Å². The molecular formula is C15H24O5. The minimum Gasteiger partial charge on any atom is -0.462 e. The second-order valence-electron chi connectivity index (χ2n) is 5.40. The van der Waals surface area contributed by atoms with Crippen LogP contribution in [-0.2, 0) is 19.1 Å². The van der Waals surface area contributed by atoms with E-state index in [0.29, 0.717) is 24.8 Å². The zero-order chi connectivity index (χ0) is 15.1. The Hall–Kier alpha value is -1.36. The summed E-state index contributed by atoms with van der Waals surface area (Å²) in [5, 5.41) is 10.00. The molecule has 0 bridgehead atoms. The molecule has 5 nitrogen and oxygen atoms in total. The van der Waals surface area contributed by atoms with Gasteiger partial charge in [-0.2, -0.15) is 0 Å². The third kappa shape index (κ3) is 5.33. The molecule has 3 atom stereocenters. The van der Waals surface area contributed by atoms with Gasteiger partial charge in [0.1, 0.15) is 6.10 Å². The van der Waals surface area contributed by atoms with Crippen LogP contribution in [0.15, 0.2) is 12.2 Å². The predicted molar refractivity (Wildman–Crippen MR) is 73.9 cm³/mol. The molecule has 1 fully saturated rings. The average molecular weight is 284 g/mol. The Morgan fingerprint density at radius 2 is 2.05 bits per heavy atom. The van der Waals surface area contributed by atoms with Gasteiger partial charge in [-0.3, -0.25) is 4.79 Å². The summed E-state index contributed by atoms with van der Waals surface area (Å²) >= 11 is 0. The summed E-state index contributed by atoms with van der Waals surface area (Å²) in [5.74, 6) is -0.561. The van der Waals surface area contributed by atoms with Crippen LogP contribution in [0.4, 0.5) is 0 Å². The van der Waals surface area contributed by atoms with Crippen molar-refractivity contribution < 1.29 is 24.2 Å². The molecule has 1 saturated carbocycles. The van der Waals surface area contributed by atoms with Gasteiger partial charge >= 0.3 is 11.9 Å². The van der Waals surface area contributed by atoms with Crippen LogP contribution in [-0.4, -0.2) is 35.9 Å². The van der Waals surface area contributed by atoms with E-state index in [1.807, 2.05) is 6.92 Å². The highest BCUT2D eigenvalue weighted by Crippen LogP contribution is 2.27. The molecule has 20 heavy (non-hydrogen) atoms. The normalized spacial score (nSPS) is 25.9. The second kappa shape index (κ2) is 8.04. The van der Waals surface area contributed by atoms with Gasteiger partial charge in [0, 0.05) is 12.0 Å². The van der Waals surface area contributed by atoms with Crippen molar-refractivity contribution in [1.82, 2.24) is 0 Å². The van der Waals surface area contributed by atoms with E-state index in [-0.39, 0.29) is 18.5 Å². The van der Waals surface area contributed by atoms with E-state index in [1.165, 1.54) is 0 Å². The standard InChI is InChI=1S/C15H24O5/c1-4-5-14(17)20-13-7-6-11(8-12(13)16)9-19-15(18)10(2)3/h11-13,16H,2,4-9H2,1,3H3. The highest BCUT2D eigenvalue weighted by molar-refractivity contribution is 5.86. The maximum atomic E-state index is 11.4. The summed E-state index contributed by atoms with van der Waals surface area (Å²) in [6, 6.07) is 0. The molecule has 0 saturated heterocycles. The van der Waals surface area contributed by atoms with E-state index in [1.54, 1.807) is 6.92 Å². The Bertz CT molecular complexity index is 363. The van der Waals surface area contributed by atoms with Crippen molar-refractivity contribution in [2.24, 2.45) is 5.92 Å². The fraction of sp³-hybridized carbons (Fsp3) is 0.733. The van der Waals surface area contributed by atoms with Crippen molar-refractivity contribution in [3.8, 4) is 0 Å². The lowest BCUT2D eigenvalue weighted by Gasteiger charge is -2.32. The predicted octanol–water partition coefficient (Wildman–Crippen LogP) is 1.98. The van der Waals surface area contributed by atoms with Crippen LogP contribution < -0.4 is 0 Å². The van der Waals surface area contributed by atoms with Gasteiger partial charge < -0.3 is 14.6 Å². The third-order valence-corrected chi connectivity index (χ3v) is 3.40. The van der Waals surface area contributed by atoms with E-state index in [0.717, 1.165) is 12.8 Å². The van der Waals surface area contributed by atoms with Crippen LogP contribution in [0.3, 0.4) is 0 Å². The number of hydrogen-bond donors (Lipinski definition) is 1. The summed E-state index contributed by atoms with van der Waals surface area (Å²) in [5.41, 5.74) is 0.368. The highest BCUT2D eigenvalue weighted by atomic mass is 16.6. The summed E-state index contributed by atoms with van der Waals surface area (Å²) in [7, 11) is 0. The first-order valence-electron chi connectivity index (χ1n) is 7.14. The minimum atomic E-state index is -0.682. The Morgan fingerprint density at radius 1 is 1.35 bits per heavy atom. The van der Waals surface area contributed by atoms with Gasteiger partial charge in [0.05, 0.1) is 12.7 Å². The zero-order valence-electron chi connectivity index (χ0n) is 12.3. The first kappa shape index (κ1) is 16.7. The van der Waals surface area contributed by atoms with Gasteiger partial charge in [-0.05, 0) is 38.5 Å². The molecule has 0 amide bonds. The lowest BCUT2D eigenvalue weighted by atomic mass is 9.86. The molecule has 1 rings (SSSR count). The maximum Gasteiger partial charge on any atom is 0.333 e. The molecule has 0 aromatic heterocycles. The molecule has 1 aliphatic carbocycles. The Kier molecular flexibility index (Phi) is 6.71. The van der Waals surface area contributed by atoms with Crippen LogP contribution in [0.5, 0.6) is 0 Å². The number of carbonyl (C=O) groups excluding carboxylic acids is 2. The van der Waals surface area contributed by atoms with Crippen molar-refractivity contribution in [1.29, 1.82) is 0 Å². The molecule has 0 radical (unpaired) electrons. The fourth-order valence-electron chi connectivity index (χ4n) is 2.24. The maximum absolute atomic E-state index is 11.4. The lowest BCUT2D eigenvalue weighted by molar-refractivity contribution is -0.159. The number of esters is 2. The molecule has 1 aliphatic rings. The van der Waals surface area contributed by atoms with Crippen molar-refractivity contribution in [2.45, 2.75) is 58.2 Å². The number of carbonyl (C=O) groups is 2. The summed E-state index contributed by atoms with van der Waals surface area (Å²) in [6.45, 7) is 7.30. The van der Waals surface area contributed by atoms with Gasteiger partial charge in [0.25, 0.3) is 0 Å². The summed E-state index contributed by atoms with van der Waals surface area (Å²) in [6.07, 6.45) is 1.86. The van der Waals surface area contributed by atoms with Crippen molar-refractivity contribution in [2.75, 3.05) is 6.61 Å². The molecule has 0 aromatic carbocycles. The average Bonchev–Trinajstić information content (AvgIpc) is 2.39. The van der Waals surface area contributed by atoms with Gasteiger partial charge in [-0.1, -0.05) is 13.5 Å². The van der Waals surface area contributed by atoms with E-state index >= 15 is 0 Å². The number of rotatable bonds is 6. The SMILES string of the molecule is C=C(C)C(=O)OCC1CCC(OC(=O)CCC)C(O)C1. The Morgan fingerprint density at radius 3 is 2.60 bits per heavy atom. The monoisotopic (exact) mass is 284 g/mol. The number of aliphatic hydroxyl groups is 1. The Balaban J connectivity index is 2.33. The summed E-state index contributed by atoms with van der Waals surface area (Å²) < 4.78 is 10.3. The van der Waals surface area contributed by atoms with Crippen molar-refractivity contribution in [3.05, 3.63) is 12.2 Å². The first-order valence-corrected chi connectivity index (χ1v) is 7.14. The largest absolute Gasteiger partial charge is 0.462 e. The quantitative estimate of drug-likeness (QED) is 0.596. The van der Waals surface area contributed by atoms with Gasteiger partial charge in [-0.15, -0.1) is 0 Å². The smallest absolute Gasteiger partial charge is 0.333 e. The second-order valence-corrected chi connectivity index (χ2v) is 5.40. The van der Waals surface area contributed by atoms with E-state index in [4.69, 9.17) is 9.47 Å². The number of hydrogen-bond acceptors (Lipinski definition) is 5. The molecule has 1 N–H and O–H groups in total. The third-order valence-electron chi connectivity index (χ3n) is 3.40. The molecule has 0 heterocycles. The van der Waals surface area contributed by atoms with Crippen LogP contribution in [0.2, 0.25) is 0 Å². The fourth-order valence-corrected chi connectivity index (χ4v) is 2.24. The molecule has 0 aliphatic heterocycles. The minimum absolute atomic E-state index is 0.106. The summed E-state index contributed by atoms with van der Waals surface area (Å²) in [4.78, 5) is 22.7. The van der Waals surface area contributed by atoms with E-state index < -0.39 is 18.2 Å². The molecule has 0 aromatic rings. The molecule has 5 heteroatoms.